The third-order valence-electron chi connectivity index (χ3n) is 3.01. The summed E-state index contributed by atoms with van der Waals surface area (Å²) in [5.41, 5.74) is 0. The zero-order valence-corrected chi connectivity index (χ0v) is 14.0. The van der Waals surface area contributed by atoms with Crippen LogP contribution in [0.5, 0.6) is 23.0 Å². The Kier molecular flexibility index (Phi) is 6.95. The predicted molar refractivity (Wildman–Crippen MR) is 91.1 cm³/mol. The quantitative estimate of drug-likeness (QED) is 0.512. The molecule has 0 aliphatic carbocycles. The third kappa shape index (κ3) is 5.19. The summed E-state index contributed by atoms with van der Waals surface area (Å²) in [5.74, 6) is 1.66. The molecule has 0 bridgehead atoms. The number of hydrogen-bond acceptors (Lipinski definition) is 5. The fourth-order valence-corrected chi connectivity index (χ4v) is 1.93. The summed E-state index contributed by atoms with van der Waals surface area (Å²) in [7, 11) is 0. The molecule has 0 spiro atoms. The Labute approximate surface area is 142 Å². The van der Waals surface area contributed by atoms with Crippen molar-refractivity contribution in [2.75, 3.05) is 13.2 Å². The van der Waals surface area contributed by atoms with E-state index in [1.807, 2.05) is 26.0 Å². The van der Waals surface area contributed by atoms with Crippen molar-refractivity contribution in [1.82, 2.24) is 0 Å². The standard InChI is InChI=1S/C19H22O5/c1-3-13-21-15-9-5-7-11-17(15)23-19(20)24-18-12-8-6-10-16(18)22-14-4-2/h5-12H,3-4,13-14H2,1-2H3. The molecule has 0 radical (unpaired) electrons. The van der Waals surface area contributed by atoms with Crippen LogP contribution in [0.25, 0.3) is 0 Å². The lowest BCUT2D eigenvalue weighted by molar-refractivity contribution is 0.147. The Balaban J connectivity index is 2.04. The van der Waals surface area contributed by atoms with E-state index in [0.717, 1.165) is 12.8 Å². The molecule has 5 heteroatoms. The molecule has 0 atom stereocenters. The molecule has 0 amide bonds. The van der Waals surface area contributed by atoms with Crippen LogP contribution in [0.1, 0.15) is 26.7 Å². The maximum atomic E-state index is 12.1. The Hall–Kier alpha value is -2.69. The average Bonchev–Trinajstić information content (AvgIpc) is 2.60. The van der Waals surface area contributed by atoms with E-state index >= 15 is 0 Å². The minimum absolute atomic E-state index is 0.322. The van der Waals surface area contributed by atoms with E-state index < -0.39 is 6.16 Å². The van der Waals surface area contributed by atoms with Crippen molar-refractivity contribution >= 4 is 6.16 Å². The molecule has 0 heterocycles. The molecule has 0 saturated carbocycles. The van der Waals surface area contributed by atoms with E-state index in [2.05, 4.69) is 0 Å². The summed E-state index contributed by atoms with van der Waals surface area (Å²) in [5, 5.41) is 0. The van der Waals surface area contributed by atoms with Crippen LogP contribution in [0.4, 0.5) is 4.79 Å². The van der Waals surface area contributed by atoms with Gasteiger partial charge in [-0.15, -0.1) is 0 Å². The zero-order chi connectivity index (χ0) is 17.2. The number of carbonyl (C=O) groups excluding carboxylic acids is 1. The predicted octanol–water partition coefficient (Wildman–Crippen LogP) is 4.84. The normalized spacial score (nSPS) is 10.1. The second-order valence-corrected chi connectivity index (χ2v) is 5.04. The maximum Gasteiger partial charge on any atom is 0.519 e. The van der Waals surface area contributed by atoms with Crippen molar-refractivity contribution in [2.45, 2.75) is 26.7 Å². The Bertz CT molecular complexity index is 598. The van der Waals surface area contributed by atoms with Crippen molar-refractivity contribution in [3.8, 4) is 23.0 Å². The van der Waals surface area contributed by atoms with Crippen molar-refractivity contribution in [3.05, 3.63) is 48.5 Å². The van der Waals surface area contributed by atoms with Gasteiger partial charge in [0.1, 0.15) is 0 Å². The smallest absolute Gasteiger partial charge is 0.490 e. The molecule has 128 valence electrons. The number of hydrogen-bond donors (Lipinski definition) is 0. The highest BCUT2D eigenvalue weighted by Crippen LogP contribution is 2.29. The number of para-hydroxylation sites is 4. The number of rotatable bonds is 8. The van der Waals surface area contributed by atoms with Crippen LogP contribution in [0.2, 0.25) is 0 Å². The third-order valence-corrected chi connectivity index (χ3v) is 3.01. The molecule has 0 aromatic heterocycles. The number of benzene rings is 2. The van der Waals surface area contributed by atoms with E-state index in [-0.39, 0.29) is 0 Å². The molecular weight excluding hydrogens is 308 g/mol. The van der Waals surface area contributed by atoms with Gasteiger partial charge >= 0.3 is 6.16 Å². The number of ether oxygens (including phenoxy) is 4. The van der Waals surface area contributed by atoms with E-state index in [4.69, 9.17) is 18.9 Å². The fourth-order valence-electron chi connectivity index (χ4n) is 1.93. The maximum absolute atomic E-state index is 12.1. The average molecular weight is 330 g/mol. The summed E-state index contributed by atoms with van der Waals surface area (Å²) in [6.07, 6.45) is 0.886. The molecular formula is C19H22O5. The SMILES string of the molecule is CCCOc1ccccc1OC(=O)Oc1ccccc1OCCC. The summed E-state index contributed by atoms with van der Waals surface area (Å²) >= 11 is 0. The van der Waals surface area contributed by atoms with Crippen LogP contribution in [0.3, 0.4) is 0 Å². The lowest BCUT2D eigenvalue weighted by Gasteiger charge is -2.12. The molecule has 0 aliphatic rings. The van der Waals surface area contributed by atoms with Crippen molar-refractivity contribution in [2.24, 2.45) is 0 Å². The van der Waals surface area contributed by atoms with Gasteiger partial charge in [0.25, 0.3) is 0 Å². The molecule has 0 fully saturated rings. The van der Waals surface area contributed by atoms with E-state index in [9.17, 15) is 4.79 Å². The van der Waals surface area contributed by atoms with Gasteiger partial charge in [0.15, 0.2) is 23.0 Å². The highest BCUT2D eigenvalue weighted by Gasteiger charge is 2.14. The molecule has 0 unspecified atom stereocenters. The van der Waals surface area contributed by atoms with Gasteiger partial charge in [0.2, 0.25) is 0 Å². The van der Waals surface area contributed by atoms with Gasteiger partial charge in [-0.2, -0.15) is 0 Å². The molecule has 0 aliphatic heterocycles. The first kappa shape index (κ1) is 17.7. The Morgan fingerprint density at radius 2 is 1.08 bits per heavy atom. The van der Waals surface area contributed by atoms with E-state index in [0.29, 0.717) is 36.2 Å². The zero-order valence-electron chi connectivity index (χ0n) is 14.0. The van der Waals surface area contributed by atoms with Crippen molar-refractivity contribution < 1.29 is 23.7 Å². The van der Waals surface area contributed by atoms with Gasteiger partial charge in [-0.05, 0) is 37.1 Å². The lowest BCUT2D eigenvalue weighted by Crippen LogP contribution is -2.15. The topological polar surface area (TPSA) is 54.0 Å². The largest absolute Gasteiger partial charge is 0.519 e. The first-order valence-electron chi connectivity index (χ1n) is 8.08. The fraction of sp³-hybridized carbons (Fsp3) is 0.316. The summed E-state index contributed by atoms with van der Waals surface area (Å²) in [6.45, 7) is 5.10. The van der Waals surface area contributed by atoms with Gasteiger partial charge in [0, 0.05) is 0 Å². The minimum Gasteiger partial charge on any atom is -0.490 e. The van der Waals surface area contributed by atoms with Crippen LogP contribution in [0, 0.1) is 0 Å². The summed E-state index contributed by atoms with van der Waals surface area (Å²) in [4.78, 5) is 12.1. The minimum atomic E-state index is -0.838. The van der Waals surface area contributed by atoms with E-state index in [1.165, 1.54) is 0 Å². The Morgan fingerprint density at radius 1 is 0.708 bits per heavy atom. The molecule has 2 rings (SSSR count). The van der Waals surface area contributed by atoms with Crippen LogP contribution in [-0.2, 0) is 0 Å². The molecule has 5 nitrogen and oxygen atoms in total. The molecule has 2 aromatic rings. The monoisotopic (exact) mass is 330 g/mol. The van der Waals surface area contributed by atoms with Crippen molar-refractivity contribution in [1.29, 1.82) is 0 Å². The van der Waals surface area contributed by atoms with E-state index in [1.54, 1.807) is 36.4 Å². The first-order valence-corrected chi connectivity index (χ1v) is 8.08. The van der Waals surface area contributed by atoms with Gasteiger partial charge < -0.3 is 18.9 Å². The van der Waals surface area contributed by atoms with Crippen LogP contribution in [0.15, 0.2) is 48.5 Å². The van der Waals surface area contributed by atoms with Crippen LogP contribution < -0.4 is 18.9 Å². The molecule has 24 heavy (non-hydrogen) atoms. The second kappa shape index (κ2) is 9.45. The summed E-state index contributed by atoms with van der Waals surface area (Å²) in [6, 6.07) is 14.0. The van der Waals surface area contributed by atoms with Gasteiger partial charge in [-0.3, -0.25) is 0 Å². The Morgan fingerprint density at radius 3 is 1.46 bits per heavy atom. The lowest BCUT2D eigenvalue weighted by atomic mass is 10.3. The molecule has 0 saturated heterocycles. The van der Waals surface area contributed by atoms with Gasteiger partial charge in [0.05, 0.1) is 13.2 Å². The van der Waals surface area contributed by atoms with Crippen molar-refractivity contribution in [3.63, 3.8) is 0 Å². The van der Waals surface area contributed by atoms with Gasteiger partial charge in [-0.1, -0.05) is 38.1 Å². The molecule has 0 N–H and O–H groups in total. The summed E-state index contributed by atoms with van der Waals surface area (Å²) < 4.78 is 21.6. The van der Waals surface area contributed by atoms with Crippen LogP contribution >= 0.6 is 0 Å². The van der Waals surface area contributed by atoms with Crippen LogP contribution in [-0.4, -0.2) is 19.4 Å². The van der Waals surface area contributed by atoms with Gasteiger partial charge in [-0.25, -0.2) is 4.79 Å². The molecule has 2 aromatic carbocycles. The highest BCUT2D eigenvalue weighted by atomic mass is 16.7. The number of carbonyl (C=O) groups is 1. The second-order valence-electron chi connectivity index (χ2n) is 5.04. The highest BCUT2D eigenvalue weighted by molar-refractivity contribution is 5.69. The first-order chi connectivity index (χ1) is 11.7.